The molecule has 6 nitrogen and oxygen atoms in total. The van der Waals surface area contributed by atoms with Crippen LogP contribution in [0.3, 0.4) is 0 Å². The first-order valence-corrected chi connectivity index (χ1v) is 11.7. The Labute approximate surface area is 187 Å². The minimum atomic E-state index is 0.00125. The molecule has 0 atom stereocenters. The van der Waals surface area contributed by atoms with Gasteiger partial charge in [0.15, 0.2) is 0 Å². The molecule has 1 amide bonds. The molecule has 0 spiro atoms. The zero-order chi connectivity index (χ0) is 21.1. The lowest BCUT2D eigenvalue weighted by Gasteiger charge is -2.30. The Balaban J connectivity index is 1.35. The van der Waals surface area contributed by atoms with Crippen molar-refractivity contribution in [3.63, 3.8) is 0 Å². The number of rotatable bonds is 5. The van der Waals surface area contributed by atoms with Crippen molar-refractivity contribution in [3.05, 3.63) is 45.6 Å². The number of carbonyl (C=O) groups is 1. The first kappa shape index (κ1) is 21.1. The minimum absolute atomic E-state index is 0.00125. The monoisotopic (exact) mass is 471 g/mol. The summed E-state index contributed by atoms with van der Waals surface area (Å²) in [7, 11) is 4.11. The Morgan fingerprint density at radius 3 is 2.53 bits per heavy atom. The molecule has 1 saturated carbocycles. The second-order valence-corrected chi connectivity index (χ2v) is 9.49. The quantitative estimate of drug-likeness (QED) is 0.678. The molecular formula is C23H30BrN5O. The highest BCUT2D eigenvalue weighted by atomic mass is 79.9. The summed E-state index contributed by atoms with van der Waals surface area (Å²) < 4.78 is 0.921. The van der Waals surface area contributed by atoms with Crippen LogP contribution in [0.15, 0.2) is 28.7 Å². The number of hydrogen-bond donors (Lipinski definition) is 2. The van der Waals surface area contributed by atoms with E-state index in [-0.39, 0.29) is 11.9 Å². The van der Waals surface area contributed by atoms with Crippen molar-refractivity contribution in [1.82, 2.24) is 15.3 Å². The molecule has 0 unspecified atom stereocenters. The van der Waals surface area contributed by atoms with Gasteiger partial charge in [-0.3, -0.25) is 4.79 Å². The van der Waals surface area contributed by atoms with Crippen LogP contribution in [0.1, 0.15) is 60.1 Å². The highest BCUT2D eigenvalue weighted by Gasteiger charge is 2.25. The summed E-state index contributed by atoms with van der Waals surface area (Å²) in [6, 6.07) is 8.09. The molecule has 1 heterocycles. The summed E-state index contributed by atoms with van der Waals surface area (Å²) in [6.07, 6.45) is 8.47. The van der Waals surface area contributed by atoms with Gasteiger partial charge in [0.1, 0.15) is 5.82 Å². The Morgan fingerprint density at radius 1 is 1.07 bits per heavy atom. The van der Waals surface area contributed by atoms with Crippen molar-refractivity contribution in [2.24, 2.45) is 0 Å². The minimum Gasteiger partial charge on any atom is -0.362 e. The van der Waals surface area contributed by atoms with Gasteiger partial charge in [0.2, 0.25) is 5.95 Å². The van der Waals surface area contributed by atoms with Crippen LogP contribution in [0.2, 0.25) is 0 Å². The average Bonchev–Trinajstić information content (AvgIpc) is 2.74. The van der Waals surface area contributed by atoms with Crippen molar-refractivity contribution in [3.8, 4) is 0 Å². The maximum Gasteiger partial charge on any atom is 0.251 e. The summed E-state index contributed by atoms with van der Waals surface area (Å²) in [5.74, 6) is 1.81. The summed E-state index contributed by atoms with van der Waals surface area (Å²) >= 11 is 3.43. The van der Waals surface area contributed by atoms with E-state index in [1.54, 1.807) is 0 Å². The van der Waals surface area contributed by atoms with Gasteiger partial charge in [-0.2, -0.15) is 4.98 Å². The zero-order valence-electron chi connectivity index (χ0n) is 17.7. The Bertz CT molecular complexity index is 908. The third kappa shape index (κ3) is 4.94. The highest BCUT2D eigenvalue weighted by Crippen LogP contribution is 2.29. The number of aryl methyl sites for hydroxylation is 1. The number of carbonyl (C=O) groups excluding carboxylic acids is 1. The molecule has 2 aromatic rings. The Hall–Kier alpha value is -2.15. The normalized spacial score (nSPS) is 20.9. The van der Waals surface area contributed by atoms with Gasteiger partial charge < -0.3 is 15.5 Å². The zero-order valence-corrected chi connectivity index (χ0v) is 19.3. The molecule has 0 radical (unpaired) electrons. The van der Waals surface area contributed by atoms with Crippen LogP contribution in [0, 0.1) is 0 Å². The van der Waals surface area contributed by atoms with Gasteiger partial charge in [-0.25, -0.2) is 4.98 Å². The molecular weight excluding hydrogens is 442 g/mol. The topological polar surface area (TPSA) is 70.2 Å². The molecule has 2 aliphatic rings. The number of aromatic nitrogens is 2. The number of anilines is 2. The SMILES string of the molecule is CN(C)c1nc(N[C@H]2CC[C@@H](NC(=O)c3cccc(Br)c3)CC2)nc2c1CCCC2. The molecule has 1 aromatic heterocycles. The second kappa shape index (κ2) is 9.33. The van der Waals surface area contributed by atoms with Gasteiger partial charge >= 0.3 is 0 Å². The third-order valence-corrected chi connectivity index (χ3v) is 6.56. The first-order valence-electron chi connectivity index (χ1n) is 10.9. The predicted molar refractivity (Wildman–Crippen MR) is 124 cm³/mol. The summed E-state index contributed by atoms with van der Waals surface area (Å²) in [5.41, 5.74) is 3.22. The van der Waals surface area contributed by atoms with Gasteiger partial charge in [0.05, 0.1) is 5.69 Å². The van der Waals surface area contributed by atoms with Crippen LogP contribution in [-0.2, 0) is 12.8 Å². The largest absolute Gasteiger partial charge is 0.362 e. The molecule has 1 fully saturated rings. The molecule has 0 bridgehead atoms. The number of benzene rings is 1. The van der Waals surface area contributed by atoms with E-state index in [2.05, 4.69) is 45.6 Å². The average molecular weight is 472 g/mol. The van der Waals surface area contributed by atoms with Crippen LogP contribution < -0.4 is 15.5 Å². The van der Waals surface area contributed by atoms with E-state index in [0.29, 0.717) is 11.6 Å². The molecule has 1 aromatic carbocycles. The second-order valence-electron chi connectivity index (χ2n) is 8.57. The lowest BCUT2D eigenvalue weighted by molar-refractivity contribution is 0.0926. The maximum atomic E-state index is 12.5. The van der Waals surface area contributed by atoms with Crippen molar-refractivity contribution < 1.29 is 4.79 Å². The molecule has 2 aliphatic carbocycles. The highest BCUT2D eigenvalue weighted by molar-refractivity contribution is 9.10. The van der Waals surface area contributed by atoms with E-state index in [1.165, 1.54) is 24.1 Å². The van der Waals surface area contributed by atoms with E-state index in [4.69, 9.17) is 9.97 Å². The number of nitrogens with zero attached hydrogens (tertiary/aromatic N) is 3. The lowest BCUT2D eigenvalue weighted by atomic mass is 9.91. The van der Waals surface area contributed by atoms with Crippen molar-refractivity contribution in [1.29, 1.82) is 0 Å². The van der Waals surface area contributed by atoms with Crippen LogP contribution in [-0.4, -0.2) is 42.1 Å². The number of fused-ring (bicyclic) bond motifs is 1. The molecule has 0 saturated heterocycles. The standard InChI is InChI=1S/C23H30BrN5O/c1-29(2)21-19-8-3-4-9-20(19)27-23(28-21)26-18-12-10-17(11-13-18)25-22(30)15-6-5-7-16(24)14-15/h5-7,14,17-18H,3-4,8-13H2,1-2H3,(H,25,30)(H,26,27,28)/t17-,18+. The fraction of sp³-hybridized carbons (Fsp3) is 0.522. The predicted octanol–water partition coefficient (Wildman–Crippen LogP) is 4.34. The maximum absolute atomic E-state index is 12.5. The number of amides is 1. The fourth-order valence-electron chi connectivity index (χ4n) is 4.47. The van der Waals surface area contributed by atoms with Crippen molar-refractivity contribution >= 4 is 33.6 Å². The van der Waals surface area contributed by atoms with Crippen LogP contribution >= 0.6 is 15.9 Å². The molecule has 7 heteroatoms. The van der Waals surface area contributed by atoms with Gasteiger partial charge in [-0.05, 0) is 69.6 Å². The van der Waals surface area contributed by atoms with E-state index in [0.717, 1.165) is 54.8 Å². The summed E-state index contributed by atoms with van der Waals surface area (Å²) in [4.78, 5) is 24.3. The smallest absolute Gasteiger partial charge is 0.251 e. The van der Waals surface area contributed by atoms with Crippen molar-refractivity contribution in [2.45, 2.75) is 63.5 Å². The van der Waals surface area contributed by atoms with Crippen molar-refractivity contribution in [2.75, 3.05) is 24.3 Å². The molecule has 30 heavy (non-hydrogen) atoms. The van der Waals surface area contributed by atoms with Crippen LogP contribution in [0.25, 0.3) is 0 Å². The van der Waals surface area contributed by atoms with E-state index in [1.807, 2.05) is 24.3 Å². The van der Waals surface area contributed by atoms with E-state index in [9.17, 15) is 4.79 Å². The lowest BCUT2D eigenvalue weighted by Crippen LogP contribution is -2.40. The molecule has 4 rings (SSSR count). The van der Waals surface area contributed by atoms with E-state index < -0.39 is 0 Å². The van der Waals surface area contributed by atoms with Gasteiger partial charge in [0, 0.05) is 41.8 Å². The third-order valence-electron chi connectivity index (χ3n) is 6.07. The van der Waals surface area contributed by atoms with Gasteiger partial charge in [-0.15, -0.1) is 0 Å². The number of halogens is 1. The summed E-state index contributed by atoms with van der Waals surface area (Å²) in [5, 5.41) is 6.76. The summed E-state index contributed by atoms with van der Waals surface area (Å²) in [6.45, 7) is 0. The van der Waals surface area contributed by atoms with Crippen LogP contribution in [0.4, 0.5) is 11.8 Å². The molecule has 160 valence electrons. The number of nitrogens with one attached hydrogen (secondary N) is 2. The van der Waals surface area contributed by atoms with E-state index >= 15 is 0 Å². The first-order chi connectivity index (χ1) is 14.5. The fourth-order valence-corrected chi connectivity index (χ4v) is 4.87. The molecule has 0 aliphatic heterocycles. The molecule has 2 N–H and O–H groups in total. The van der Waals surface area contributed by atoms with Crippen LogP contribution in [0.5, 0.6) is 0 Å². The Kier molecular flexibility index (Phi) is 6.56. The number of hydrogen-bond acceptors (Lipinski definition) is 5. The Morgan fingerprint density at radius 2 is 1.80 bits per heavy atom. The van der Waals surface area contributed by atoms with Gasteiger partial charge in [-0.1, -0.05) is 22.0 Å². The van der Waals surface area contributed by atoms with Gasteiger partial charge in [0.25, 0.3) is 5.91 Å².